The van der Waals surface area contributed by atoms with Gasteiger partial charge in [-0.1, -0.05) is 133 Å². The molecule has 0 atom stereocenters. The zero-order valence-corrected chi connectivity index (χ0v) is 22.8. The standard InChI is InChI=1S/C38H26N4/c1-3-10-27(11-4-1)28-19-23-32(24-20-28)37-40-36(31-12-5-2-6-13-31)41-38(42-37)34-15-9-14-33(26-34)29-17-21-30(22-18-29)35-16-7-8-25-39-35/h1-26H. The number of nitrogens with zero attached hydrogens (tertiary/aromatic N) is 4. The van der Waals surface area contributed by atoms with Gasteiger partial charge in [0.25, 0.3) is 0 Å². The summed E-state index contributed by atoms with van der Waals surface area (Å²) in [5, 5.41) is 0. The third-order valence-corrected chi connectivity index (χ3v) is 7.22. The molecule has 0 amide bonds. The van der Waals surface area contributed by atoms with Gasteiger partial charge in [0.05, 0.1) is 5.69 Å². The molecule has 0 radical (unpaired) electrons. The molecule has 0 N–H and O–H groups in total. The molecule has 4 nitrogen and oxygen atoms in total. The third kappa shape index (κ3) is 5.34. The van der Waals surface area contributed by atoms with Crippen LogP contribution in [0.4, 0.5) is 0 Å². The van der Waals surface area contributed by atoms with Gasteiger partial charge in [0.15, 0.2) is 17.5 Å². The van der Waals surface area contributed by atoms with Crippen molar-refractivity contribution in [2.24, 2.45) is 0 Å². The van der Waals surface area contributed by atoms with E-state index < -0.39 is 0 Å². The van der Waals surface area contributed by atoms with Gasteiger partial charge in [-0.15, -0.1) is 0 Å². The van der Waals surface area contributed by atoms with Crippen LogP contribution in [-0.2, 0) is 0 Å². The van der Waals surface area contributed by atoms with Gasteiger partial charge in [0.2, 0.25) is 0 Å². The topological polar surface area (TPSA) is 51.6 Å². The van der Waals surface area contributed by atoms with E-state index in [0.717, 1.165) is 44.6 Å². The van der Waals surface area contributed by atoms with Crippen molar-refractivity contribution in [2.75, 3.05) is 0 Å². The van der Waals surface area contributed by atoms with Crippen LogP contribution in [0.2, 0.25) is 0 Å². The average Bonchev–Trinajstić information content (AvgIpc) is 3.09. The predicted molar refractivity (Wildman–Crippen MR) is 170 cm³/mol. The van der Waals surface area contributed by atoms with Crippen LogP contribution in [0.5, 0.6) is 0 Å². The normalized spacial score (nSPS) is 10.9. The van der Waals surface area contributed by atoms with Gasteiger partial charge in [0.1, 0.15) is 0 Å². The van der Waals surface area contributed by atoms with Crippen molar-refractivity contribution in [3.8, 4) is 67.7 Å². The maximum Gasteiger partial charge on any atom is 0.164 e. The van der Waals surface area contributed by atoms with Crippen LogP contribution in [0, 0.1) is 0 Å². The molecule has 0 saturated heterocycles. The number of rotatable bonds is 6. The van der Waals surface area contributed by atoms with Gasteiger partial charge in [-0.3, -0.25) is 4.98 Å². The van der Waals surface area contributed by atoms with Crippen LogP contribution in [0.25, 0.3) is 67.7 Å². The van der Waals surface area contributed by atoms with Crippen molar-refractivity contribution in [2.45, 2.75) is 0 Å². The highest BCUT2D eigenvalue weighted by atomic mass is 15.0. The minimum Gasteiger partial charge on any atom is -0.256 e. The summed E-state index contributed by atoms with van der Waals surface area (Å²) >= 11 is 0. The van der Waals surface area contributed by atoms with Crippen LogP contribution in [-0.4, -0.2) is 19.9 Å². The molecule has 0 aliphatic rings. The molecule has 2 aromatic heterocycles. The summed E-state index contributed by atoms with van der Waals surface area (Å²) in [6, 6.07) is 51.6. The summed E-state index contributed by atoms with van der Waals surface area (Å²) < 4.78 is 0. The summed E-state index contributed by atoms with van der Waals surface area (Å²) in [5.74, 6) is 1.93. The first kappa shape index (κ1) is 25.2. The number of hydrogen-bond donors (Lipinski definition) is 0. The van der Waals surface area contributed by atoms with Crippen LogP contribution < -0.4 is 0 Å². The van der Waals surface area contributed by atoms with Crippen LogP contribution in [0.1, 0.15) is 0 Å². The Morgan fingerprint density at radius 1 is 0.286 bits per heavy atom. The Labute approximate surface area is 245 Å². The molecule has 0 aliphatic carbocycles. The highest BCUT2D eigenvalue weighted by Gasteiger charge is 2.13. The largest absolute Gasteiger partial charge is 0.256 e. The zero-order valence-electron chi connectivity index (χ0n) is 22.8. The van der Waals surface area contributed by atoms with Gasteiger partial charge in [-0.05, 0) is 40.5 Å². The Kier molecular flexibility index (Phi) is 6.85. The van der Waals surface area contributed by atoms with Crippen molar-refractivity contribution < 1.29 is 0 Å². The van der Waals surface area contributed by atoms with Crippen molar-refractivity contribution in [1.29, 1.82) is 0 Å². The second-order valence-corrected chi connectivity index (χ2v) is 9.99. The lowest BCUT2D eigenvalue weighted by Crippen LogP contribution is -2.00. The van der Waals surface area contributed by atoms with E-state index in [1.807, 2.05) is 60.8 Å². The van der Waals surface area contributed by atoms with Gasteiger partial charge in [-0.25, -0.2) is 15.0 Å². The monoisotopic (exact) mass is 538 g/mol. The van der Waals surface area contributed by atoms with Crippen LogP contribution >= 0.6 is 0 Å². The Balaban J connectivity index is 1.27. The second-order valence-electron chi connectivity index (χ2n) is 9.99. The fourth-order valence-corrected chi connectivity index (χ4v) is 5.00. The predicted octanol–water partition coefficient (Wildman–Crippen LogP) is 9.27. The minimum atomic E-state index is 0.637. The van der Waals surface area contributed by atoms with Gasteiger partial charge in [-0.2, -0.15) is 0 Å². The molecule has 7 rings (SSSR count). The molecule has 7 aromatic rings. The second kappa shape index (κ2) is 11.4. The molecule has 0 unspecified atom stereocenters. The van der Waals surface area contributed by atoms with Crippen LogP contribution in [0.3, 0.4) is 0 Å². The number of pyridine rings is 1. The van der Waals surface area contributed by atoms with E-state index in [9.17, 15) is 0 Å². The fraction of sp³-hybridized carbons (Fsp3) is 0. The van der Waals surface area contributed by atoms with Gasteiger partial charge >= 0.3 is 0 Å². The maximum atomic E-state index is 4.96. The van der Waals surface area contributed by atoms with E-state index in [-0.39, 0.29) is 0 Å². The van der Waals surface area contributed by atoms with E-state index in [0.29, 0.717) is 17.5 Å². The molecule has 0 bridgehead atoms. The number of aromatic nitrogens is 4. The third-order valence-electron chi connectivity index (χ3n) is 7.22. The highest BCUT2D eigenvalue weighted by Crippen LogP contribution is 2.30. The minimum absolute atomic E-state index is 0.637. The molecule has 0 fully saturated rings. The molecular formula is C38H26N4. The van der Waals surface area contributed by atoms with E-state index in [2.05, 4.69) is 102 Å². The molecule has 0 aliphatic heterocycles. The number of benzene rings is 5. The summed E-state index contributed by atoms with van der Waals surface area (Å²) in [6.45, 7) is 0. The fourth-order valence-electron chi connectivity index (χ4n) is 5.00. The lowest BCUT2D eigenvalue weighted by atomic mass is 10.0. The quantitative estimate of drug-likeness (QED) is 0.212. The Morgan fingerprint density at radius 2 is 0.714 bits per heavy atom. The zero-order chi connectivity index (χ0) is 28.1. The molecule has 5 aromatic carbocycles. The Bertz CT molecular complexity index is 1940. The van der Waals surface area contributed by atoms with Crippen molar-refractivity contribution in [1.82, 2.24) is 19.9 Å². The van der Waals surface area contributed by atoms with Gasteiger partial charge < -0.3 is 0 Å². The molecule has 42 heavy (non-hydrogen) atoms. The number of hydrogen-bond acceptors (Lipinski definition) is 4. The molecule has 198 valence electrons. The lowest BCUT2D eigenvalue weighted by Gasteiger charge is -2.10. The average molecular weight is 539 g/mol. The molecule has 0 spiro atoms. The van der Waals surface area contributed by atoms with E-state index >= 15 is 0 Å². The SMILES string of the molecule is c1ccc(-c2ccc(-c3nc(-c4ccccc4)nc(-c4cccc(-c5ccc(-c6ccccn6)cc5)c4)n3)cc2)cc1. The summed E-state index contributed by atoms with van der Waals surface area (Å²) in [5.41, 5.74) is 9.41. The lowest BCUT2D eigenvalue weighted by molar-refractivity contribution is 1.07. The smallest absolute Gasteiger partial charge is 0.164 e. The molecule has 2 heterocycles. The molecule has 0 saturated carbocycles. The van der Waals surface area contributed by atoms with E-state index in [4.69, 9.17) is 15.0 Å². The highest BCUT2D eigenvalue weighted by molar-refractivity contribution is 5.75. The first-order chi connectivity index (χ1) is 20.8. The van der Waals surface area contributed by atoms with Gasteiger partial charge in [0, 0.05) is 28.5 Å². The summed E-state index contributed by atoms with van der Waals surface area (Å²) in [7, 11) is 0. The molecular weight excluding hydrogens is 512 g/mol. The summed E-state index contributed by atoms with van der Waals surface area (Å²) in [4.78, 5) is 19.2. The van der Waals surface area contributed by atoms with Crippen molar-refractivity contribution in [3.63, 3.8) is 0 Å². The van der Waals surface area contributed by atoms with Crippen molar-refractivity contribution in [3.05, 3.63) is 158 Å². The Hall–Kier alpha value is -5.74. The molecule has 4 heteroatoms. The Morgan fingerprint density at radius 3 is 1.33 bits per heavy atom. The van der Waals surface area contributed by atoms with Crippen molar-refractivity contribution >= 4 is 0 Å². The first-order valence-electron chi connectivity index (χ1n) is 13.9. The van der Waals surface area contributed by atoms with Crippen LogP contribution in [0.15, 0.2) is 158 Å². The summed E-state index contributed by atoms with van der Waals surface area (Å²) in [6.07, 6.45) is 1.82. The van der Waals surface area contributed by atoms with E-state index in [1.54, 1.807) is 0 Å². The maximum absolute atomic E-state index is 4.96. The first-order valence-corrected chi connectivity index (χ1v) is 13.9. The van der Waals surface area contributed by atoms with E-state index in [1.165, 1.54) is 5.56 Å².